The Morgan fingerprint density at radius 1 is 0.815 bits per heavy atom. The van der Waals surface area contributed by atoms with Gasteiger partial charge in [0.2, 0.25) is 0 Å². The summed E-state index contributed by atoms with van der Waals surface area (Å²) in [5.74, 6) is -0.397. The summed E-state index contributed by atoms with van der Waals surface area (Å²) < 4.78 is 31.9. The molecule has 0 aliphatic carbocycles. The zero-order valence-electron chi connectivity index (χ0n) is 17.2. The number of aryl methyl sites for hydroxylation is 1. The van der Waals surface area contributed by atoms with Crippen molar-refractivity contribution in [2.45, 2.75) is 102 Å². The molecule has 27 heavy (non-hydrogen) atoms. The third kappa shape index (κ3) is 12.9. The van der Waals surface area contributed by atoms with Gasteiger partial charge in [0.25, 0.3) is 10.1 Å². The van der Waals surface area contributed by atoms with Crippen LogP contribution in [-0.4, -0.2) is 13.0 Å². The molecule has 1 aromatic carbocycles. The van der Waals surface area contributed by atoms with Gasteiger partial charge in [-0.05, 0) is 24.5 Å². The van der Waals surface area contributed by atoms with E-state index < -0.39 is 15.9 Å². The smallest absolute Gasteiger partial charge is 0.872 e. The predicted octanol–water partition coefficient (Wildman–Crippen LogP) is 2.64. The summed E-state index contributed by atoms with van der Waals surface area (Å²) in [6.45, 7) is 2.25. The second kappa shape index (κ2) is 15.8. The minimum Gasteiger partial charge on any atom is -0.872 e. The fraction of sp³-hybridized carbons (Fsp3) is 0.714. The van der Waals surface area contributed by atoms with E-state index in [9.17, 15) is 18.1 Å². The normalized spacial score (nSPS) is 11.3. The van der Waals surface area contributed by atoms with Crippen LogP contribution in [0.1, 0.15) is 96.0 Å². The molecular weight excluding hydrogens is 371 g/mol. The standard InChI is InChI=1S/C21H36O4S.Na/c1-2-3-4-5-6-7-8-9-10-11-12-13-14-15-19-16-17-20(22)18-21(19)26(23,24)25;/h16-18,22H,2-15H2,1H3,(H,23,24,25);/q;+1/p-1. The van der Waals surface area contributed by atoms with Crippen LogP contribution in [0, 0.1) is 0 Å². The van der Waals surface area contributed by atoms with Crippen LogP contribution in [0.2, 0.25) is 0 Å². The van der Waals surface area contributed by atoms with Crippen molar-refractivity contribution in [1.82, 2.24) is 0 Å². The van der Waals surface area contributed by atoms with E-state index in [2.05, 4.69) is 6.92 Å². The van der Waals surface area contributed by atoms with Gasteiger partial charge >= 0.3 is 29.6 Å². The van der Waals surface area contributed by atoms with Gasteiger partial charge in [-0.3, -0.25) is 4.55 Å². The van der Waals surface area contributed by atoms with Gasteiger partial charge in [-0.1, -0.05) is 96.1 Å². The minimum absolute atomic E-state index is 0. The summed E-state index contributed by atoms with van der Waals surface area (Å²) in [7, 11) is -4.32. The fourth-order valence-electron chi connectivity index (χ4n) is 3.31. The topological polar surface area (TPSA) is 77.4 Å². The molecule has 0 aliphatic rings. The number of rotatable bonds is 15. The zero-order chi connectivity index (χ0) is 19.3. The Morgan fingerprint density at radius 2 is 1.26 bits per heavy atom. The second-order valence-corrected chi connectivity index (χ2v) is 8.63. The van der Waals surface area contributed by atoms with Crippen LogP contribution in [0.4, 0.5) is 0 Å². The van der Waals surface area contributed by atoms with Crippen molar-refractivity contribution in [2.75, 3.05) is 0 Å². The van der Waals surface area contributed by atoms with Gasteiger partial charge in [0.15, 0.2) is 0 Å². The van der Waals surface area contributed by atoms with Crippen LogP contribution in [0.5, 0.6) is 5.75 Å². The van der Waals surface area contributed by atoms with Crippen molar-refractivity contribution >= 4 is 10.1 Å². The van der Waals surface area contributed by atoms with Gasteiger partial charge in [-0.25, -0.2) is 0 Å². The molecule has 0 atom stereocenters. The number of unbranched alkanes of at least 4 members (excludes halogenated alkanes) is 12. The molecule has 1 N–H and O–H groups in total. The molecule has 0 saturated carbocycles. The molecule has 4 nitrogen and oxygen atoms in total. The van der Waals surface area contributed by atoms with Crippen LogP contribution in [-0.2, 0) is 16.5 Å². The first-order valence-electron chi connectivity index (χ1n) is 10.2. The number of hydrogen-bond acceptors (Lipinski definition) is 3. The van der Waals surface area contributed by atoms with Gasteiger partial charge in [-0.2, -0.15) is 8.42 Å². The SMILES string of the molecule is CCCCCCCCCCCCCCCc1ccc([O-])cc1S(=O)(=O)O.[Na+]. The van der Waals surface area contributed by atoms with E-state index in [0.717, 1.165) is 25.3 Å². The Morgan fingerprint density at radius 3 is 1.70 bits per heavy atom. The summed E-state index contributed by atoms with van der Waals surface area (Å²) in [6.07, 6.45) is 17.0. The Balaban J connectivity index is 0.00000676. The zero-order valence-corrected chi connectivity index (χ0v) is 20.0. The molecule has 0 unspecified atom stereocenters. The minimum atomic E-state index is -4.32. The molecule has 0 radical (unpaired) electrons. The molecule has 0 aliphatic heterocycles. The van der Waals surface area contributed by atoms with Crippen molar-refractivity contribution in [3.8, 4) is 5.75 Å². The predicted molar refractivity (Wildman–Crippen MR) is 105 cm³/mol. The molecule has 150 valence electrons. The average Bonchev–Trinajstić information content (AvgIpc) is 2.59. The maximum Gasteiger partial charge on any atom is 1.00 e. The Labute approximate surface area is 188 Å². The molecule has 0 bridgehead atoms. The maximum absolute atomic E-state index is 11.4. The molecule has 1 aromatic rings. The molecule has 0 spiro atoms. The molecule has 0 fully saturated rings. The summed E-state index contributed by atoms with van der Waals surface area (Å²) >= 11 is 0. The molecule has 1 rings (SSSR count). The van der Waals surface area contributed by atoms with E-state index in [4.69, 9.17) is 0 Å². The van der Waals surface area contributed by atoms with E-state index in [1.54, 1.807) is 0 Å². The van der Waals surface area contributed by atoms with Crippen LogP contribution in [0.25, 0.3) is 0 Å². The van der Waals surface area contributed by atoms with Crippen LogP contribution in [0.15, 0.2) is 23.1 Å². The van der Waals surface area contributed by atoms with Crippen LogP contribution in [0.3, 0.4) is 0 Å². The monoisotopic (exact) mass is 406 g/mol. The van der Waals surface area contributed by atoms with E-state index in [-0.39, 0.29) is 34.5 Å². The van der Waals surface area contributed by atoms with Crippen molar-refractivity contribution in [3.05, 3.63) is 23.8 Å². The second-order valence-electron chi connectivity index (χ2n) is 7.24. The van der Waals surface area contributed by atoms with Crippen LogP contribution >= 0.6 is 0 Å². The maximum atomic E-state index is 11.4. The third-order valence-corrected chi connectivity index (χ3v) is 5.80. The van der Waals surface area contributed by atoms with Crippen LogP contribution < -0.4 is 34.7 Å². The number of benzene rings is 1. The Kier molecular flexibility index (Phi) is 15.8. The average molecular weight is 407 g/mol. The molecule has 0 saturated heterocycles. The Bertz CT molecular complexity index is 602. The van der Waals surface area contributed by atoms with Crippen molar-refractivity contribution in [1.29, 1.82) is 0 Å². The first kappa shape index (κ1) is 26.9. The van der Waals surface area contributed by atoms with Gasteiger partial charge in [0, 0.05) is 0 Å². The molecule has 0 heterocycles. The van der Waals surface area contributed by atoms with Gasteiger partial charge in [0.1, 0.15) is 0 Å². The van der Waals surface area contributed by atoms with Crippen molar-refractivity contribution < 1.29 is 47.6 Å². The van der Waals surface area contributed by atoms with Crippen molar-refractivity contribution in [2.24, 2.45) is 0 Å². The molecular formula is C21H35NaO4S. The third-order valence-electron chi connectivity index (χ3n) is 4.87. The van der Waals surface area contributed by atoms with E-state index in [1.807, 2.05) is 0 Å². The van der Waals surface area contributed by atoms with Gasteiger partial charge in [-0.15, -0.1) is 5.75 Å². The van der Waals surface area contributed by atoms with E-state index >= 15 is 0 Å². The van der Waals surface area contributed by atoms with E-state index in [0.29, 0.717) is 12.0 Å². The summed E-state index contributed by atoms with van der Waals surface area (Å²) in [5.41, 5.74) is 0.537. The largest absolute Gasteiger partial charge is 1.00 e. The van der Waals surface area contributed by atoms with Crippen molar-refractivity contribution in [3.63, 3.8) is 0 Å². The summed E-state index contributed by atoms with van der Waals surface area (Å²) in [6, 6.07) is 3.88. The van der Waals surface area contributed by atoms with E-state index in [1.165, 1.54) is 76.3 Å². The summed E-state index contributed by atoms with van der Waals surface area (Å²) in [4.78, 5) is -0.232. The summed E-state index contributed by atoms with van der Waals surface area (Å²) in [5, 5.41) is 11.3. The molecule has 6 heteroatoms. The van der Waals surface area contributed by atoms with Gasteiger partial charge < -0.3 is 5.11 Å². The quantitative estimate of drug-likeness (QED) is 0.276. The first-order valence-corrected chi connectivity index (χ1v) is 11.7. The van der Waals surface area contributed by atoms with Gasteiger partial charge in [0.05, 0.1) is 4.90 Å². The Hall–Kier alpha value is -0.0700. The fourth-order valence-corrected chi connectivity index (χ4v) is 4.08. The number of hydrogen-bond donors (Lipinski definition) is 1. The first-order chi connectivity index (χ1) is 12.4. The molecule has 0 aromatic heterocycles. The molecule has 0 amide bonds.